The van der Waals surface area contributed by atoms with Crippen LogP contribution in [0.25, 0.3) is 20.7 Å². The molecule has 0 unspecified atom stereocenters. The van der Waals surface area contributed by atoms with E-state index in [1.54, 1.807) is 15.9 Å². The monoisotopic (exact) mass is 354 g/mol. The topological polar surface area (TPSA) is 100 Å². The average Bonchev–Trinajstić information content (AvgIpc) is 3.26. The molecule has 0 aliphatic heterocycles. The molecule has 4 aromatic rings. The van der Waals surface area contributed by atoms with E-state index in [1.807, 2.05) is 30.5 Å². The van der Waals surface area contributed by atoms with E-state index in [9.17, 15) is 4.79 Å². The van der Waals surface area contributed by atoms with Gasteiger partial charge in [0.05, 0.1) is 11.9 Å². The van der Waals surface area contributed by atoms with Crippen molar-refractivity contribution >= 4 is 32.9 Å². The van der Waals surface area contributed by atoms with Crippen molar-refractivity contribution in [3.63, 3.8) is 0 Å². The Kier molecular flexibility index (Phi) is 3.48. The fraction of sp³-hybridized carbons (Fsp3) is 0.133. The molecule has 24 heavy (non-hydrogen) atoms. The Hall–Kier alpha value is -2.83. The fourth-order valence-electron chi connectivity index (χ4n) is 2.45. The highest BCUT2D eigenvalue weighted by atomic mass is 32.1. The molecule has 0 aromatic carbocycles. The van der Waals surface area contributed by atoms with Crippen LogP contribution >= 0.6 is 22.7 Å². The maximum absolute atomic E-state index is 12.6. The van der Waals surface area contributed by atoms with Gasteiger partial charge in [-0.2, -0.15) is 5.26 Å². The van der Waals surface area contributed by atoms with Gasteiger partial charge in [0.2, 0.25) is 5.82 Å². The molecular formula is C15H10N6OS2. The summed E-state index contributed by atoms with van der Waals surface area (Å²) in [5.74, 6) is 0.651. The lowest BCUT2D eigenvalue weighted by Crippen LogP contribution is -2.14. The highest BCUT2D eigenvalue weighted by Crippen LogP contribution is 2.34. The van der Waals surface area contributed by atoms with Crippen molar-refractivity contribution < 1.29 is 0 Å². The second-order valence-electron chi connectivity index (χ2n) is 5.15. The molecule has 0 saturated carbocycles. The summed E-state index contributed by atoms with van der Waals surface area (Å²) in [7, 11) is 0. The molecule has 0 saturated heterocycles. The SMILES string of the molecule is Cc1ccc(-c2csc3nc(Cn4cnnc4C#N)[nH]c(=O)c23)s1. The minimum absolute atomic E-state index is 0.177. The van der Waals surface area contributed by atoms with Crippen molar-refractivity contribution in [3.05, 3.63) is 50.7 Å². The molecule has 4 heterocycles. The number of nitrogens with one attached hydrogen (secondary N) is 1. The highest BCUT2D eigenvalue weighted by Gasteiger charge is 2.15. The van der Waals surface area contributed by atoms with E-state index in [-0.39, 0.29) is 17.9 Å². The minimum atomic E-state index is -0.177. The van der Waals surface area contributed by atoms with Crippen LogP contribution in [0.15, 0.2) is 28.6 Å². The molecule has 4 rings (SSSR count). The van der Waals surface area contributed by atoms with Crippen LogP contribution in [0.3, 0.4) is 0 Å². The van der Waals surface area contributed by atoms with Crippen molar-refractivity contribution in [3.8, 4) is 16.5 Å². The zero-order chi connectivity index (χ0) is 16.7. The van der Waals surface area contributed by atoms with E-state index in [4.69, 9.17) is 5.26 Å². The summed E-state index contributed by atoms with van der Waals surface area (Å²) >= 11 is 3.09. The van der Waals surface area contributed by atoms with Crippen LogP contribution < -0.4 is 5.56 Å². The number of aromatic nitrogens is 5. The summed E-state index contributed by atoms with van der Waals surface area (Å²) in [5.41, 5.74) is 0.735. The maximum Gasteiger partial charge on any atom is 0.260 e. The molecule has 7 nitrogen and oxygen atoms in total. The normalized spacial score (nSPS) is 11.0. The molecule has 0 spiro atoms. The van der Waals surface area contributed by atoms with Crippen LogP contribution in [0.1, 0.15) is 16.5 Å². The Labute approximate surface area is 143 Å². The Balaban J connectivity index is 1.79. The van der Waals surface area contributed by atoms with Crippen molar-refractivity contribution in [2.75, 3.05) is 0 Å². The van der Waals surface area contributed by atoms with Crippen molar-refractivity contribution in [1.82, 2.24) is 24.7 Å². The Morgan fingerprint density at radius 2 is 2.29 bits per heavy atom. The number of nitriles is 1. The summed E-state index contributed by atoms with van der Waals surface area (Å²) in [6.45, 7) is 2.28. The predicted molar refractivity (Wildman–Crippen MR) is 92.1 cm³/mol. The number of nitrogens with zero attached hydrogens (tertiary/aromatic N) is 5. The van der Waals surface area contributed by atoms with Gasteiger partial charge in [0, 0.05) is 20.7 Å². The van der Waals surface area contributed by atoms with E-state index < -0.39 is 0 Å². The van der Waals surface area contributed by atoms with Gasteiger partial charge < -0.3 is 4.98 Å². The molecule has 0 bridgehead atoms. The van der Waals surface area contributed by atoms with Crippen molar-refractivity contribution in [2.45, 2.75) is 13.5 Å². The van der Waals surface area contributed by atoms with Crippen LogP contribution in [-0.4, -0.2) is 24.7 Å². The zero-order valence-electron chi connectivity index (χ0n) is 12.5. The number of thiophene rings is 2. The van der Waals surface area contributed by atoms with E-state index in [0.717, 1.165) is 10.4 Å². The lowest BCUT2D eigenvalue weighted by molar-refractivity contribution is 0.733. The van der Waals surface area contributed by atoms with Gasteiger partial charge >= 0.3 is 0 Å². The van der Waals surface area contributed by atoms with E-state index in [2.05, 4.69) is 20.2 Å². The van der Waals surface area contributed by atoms with Gasteiger partial charge in [-0.25, -0.2) is 4.98 Å². The summed E-state index contributed by atoms with van der Waals surface area (Å²) in [5, 5.41) is 18.9. The number of fused-ring (bicyclic) bond motifs is 1. The van der Waals surface area contributed by atoms with Crippen LogP contribution in [0.4, 0.5) is 0 Å². The molecule has 9 heteroatoms. The molecule has 4 aromatic heterocycles. The summed E-state index contributed by atoms with van der Waals surface area (Å²) in [6, 6.07) is 6.00. The average molecular weight is 354 g/mol. The first kappa shape index (κ1) is 14.7. The summed E-state index contributed by atoms with van der Waals surface area (Å²) in [6.07, 6.45) is 1.44. The lowest BCUT2D eigenvalue weighted by atomic mass is 10.2. The van der Waals surface area contributed by atoms with E-state index >= 15 is 0 Å². The lowest BCUT2D eigenvalue weighted by Gasteiger charge is -2.02. The molecule has 0 amide bonds. The van der Waals surface area contributed by atoms with Gasteiger partial charge in [-0.1, -0.05) is 0 Å². The molecular weight excluding hydrogens is 344 g/mol. The molecule has 118 valence electrons. The Morgan fingerprint density at radius 1 is 1.42 bits per heavy atom. The van der Waals surface area contributed by atoms with Crippen molar-refractivity contribution in [2.24, 2.45) is 0 Å². The molecule has 1 N–H and O–H groups in total. The molecule has 0 radical (unpaired) electrons. The van der Waals surface area contributed by atoms with Crippen LogP contribution in [-0.2, 0) is 6.54 Å². The largest absolute Gasteiger partial charge is 0.308 e. The molecule has 0 aliphatic rings. The number of rotatable bonds is 3. The second kappa shape index (κ2) is 5.67. The third kappa shape index (κ3) is 2.42. The maximum atomic E-state index is 12.6. The van der Waals surface area contributed by atoms with Crippen LogP contribution in [0.5, 0.6) is 0 Å². The number of aryl methyl sites for hydroxylation is 1. The van der Waals surface area contributed by atoms with E-state index in [0.29, 0.717) is 16.0 Å². The third-order valence-corrected chi connectivity index (χ3v) is 5.44. The standard InChI is InChI=1S/C15H10N6OS2/c1-8-2-3-10(24-8)9-6-23-15-13(9)14(22)18-11(19-15)5-21-7-17-20-12(21)4-16/h2-3,6-7H,5H2,1H3,(H,18,19,22). The molecule has 0 fully saturated rings. The first-order valence-corrected chi connectivity index (χ1v) is 8.70. The smallest absolute Gasteiger partial charge is 0.260 e. The Bertz CT molecular complexity index is 1140. The van der Waals surface area contributed by atoms with Gasteiger partial charge in [0.25, 0.3) is 5.56 Å². The van der Waals surface area contributed by atoms with E-state index in [1.165, 1.54) is 22.5 Å². The van der Waals surface area contributed by atoms with Crippen LogP contribution in [0.2, 0.25) is 0 Å². The quantitative estimate of drug-likeness (QED) is 0.609. The van der Waals surface area contributed by atoms with Gasteiger partial charge in [-0.3, -0.25) is 9.36 Å². The highest BCUT2D eigenvalue weighted by molar-refractivity contribution is 7.19. The Morgan fingerprint density at radius 3 is 3.04 bits per heavy atom. The fourth-order valence-corrected chi connectivity index (χ4v) is 4.37. The van der Waals surface area contributed by atoms with Gasteiger partial charge in [-0.05, 0) is 19.1 Å². The summed E-state index contributed by atoms with van der Waals surface area (Å²) < 4.78 is 1.54. The number of hydrogen-bond acceptors (Lipinski definition) is 7. The number of aromatic amines is 1. The van der Waals surface area contributed by atoms with Gasteiger partial charge in [0.15, 0.2) is 0 Å². The number of hydrogen-bond donors (Lipinski definition) is 1. The third-order valence-electron chi connectivity index (χ3n) is 3.53. The second-order valence-corrected chi connectivity index (χ2v) is 7.29. The first-order chi connectivity index (χ1) is 11.7. The number of H-pyrrole nitrogens is 1. The minimum Gasteiger partial charge on any atom is -0.308 e. The molecule has 0 atom stereocenters. The van der Waals surface area contributed by atoms with Gasteiger partial charge in [0.1, 0.15) is 23.1 Å². The van der Waals surface area contributed by atoms with Crippen molar-refractivity contribution in [1.29, 1.82) is 5.26 Å². The summed E-state index contributed by atoms with van der Waals surface area (Å²) in [4.78, 5) is 22.8. The van der Waals surface area contributed by atoms with Gasteiger partial charge in [-0.15, -0.1) is 32.9 Å². The first-order valence-electron chi connectivity index (χ1n) is 7.01. The van der Waals surface area contributed by atoms with Crippen LogP contribution in [0, 0.1) is 18.3 Å². The predicted octanol–water partition coefficient (Wildman–Crippen LogP) is 2.53. The zero-order valence-corrected chi connectivity index (χ0v) is 14.1. The molecule has 0 aliphatic carbocycles.